The van der Waals surface area contributed by atoms with Crippen molar-refractivity contribution in [1.82, 2.24) is 0 Å². The normalized spacial score (nSPS) is 13.9. The zero-order valence-corrected chi connectivity index (χ0v) is 10.1. The van der Waals surface area contributed by atoms with Gasteiger partial charge in [0.05, 0.1) is 0 Å². The van der Waals surface area contributed by atoms with Crippen LogP contribution in [0.25, 0.3) is 0 Å². The topological polar surface area (TPSA) is 63.3 Å². The predicted octanol–water partition coefficient (Wildman–Crippen LogP) is 2.36. The number of hydrogen-bond donors (Lipinski definition) is 2. The van der Waals surface area contributed by atoms with Crippen molar-refractivity contribution in [2.24, 2.45) is 0 Å². The molecule has 0 fully saturated rings. The molecule has 92 valence electrons. The highest BCUT2D eigenvalue weighted by atomic mass is 16.3. The zero-order chi connectivity index (χ0) is 13.2. The first kappa shape index (κ1) is 12.3. The SMILES string of the molecule is CC(O)(C(=O)c1ccccc1)c1ccc(N)cc1. The van der Waals surface area contributed by atoms with E-state index in [0.717, 1.165) is 0 Å². The lowest BCUT2D eigenvalue weighted by molar-refractivity contribution is 0.0393. The van der Waals surface area contributed by atoms with Gasteiger partial charge in [0.1, 0.15) is 5.60 Å². The molecule has 18 heavy (non-hydrogen) atoms. The first-order valence-corrected chi connectivity index (χ1v) is 5.70. The maximum absolute atomic E-state index is 12.3. The molecule has 3 heteroatoms. The molecule has 0 aliphatic heterocycles. The van der Waals surface area contributed by atoms with Crippen LogP contribution in [0.5, 0.6) is 0 Å². The fourth-order valence-electron chi connectivity index (χ4n) is 1.81. The summed E-state index contributed by atoms with van der Waals surface area (Å²) in [6.45, 7) is 1.49. The Morgan fingerprint density at radius 3 is 2.17 bits per heavy atom. The Labute approximate surface area is 106 Å². The Balaban J connectivity index is 2.37. The molecule has 0 saturated carbocycles. The lowest BCUT2D eigenvalue weighted by Crippen LogP contribution is -2.32. The standard InChI is InChI=1S/C15H15NO2/c1-15(18,12-7-9-13(16)10-8-12)14(17)11-5-3-2-4-6-11/h2-10,18H,16H2,1H3. The van der Waals surface area contributed by atoms with E-state index in [9.17, 15) is 9.90 Å². The number of benzene rings is 2. The molecule has 0 bridgehead atoms. The van der Waals surface area contributed by atoms with Gasteiger partial charge >= 0.3 is 0 Å². The smallest absolute Gasteiger partial charge is 0.198 e. The molecule has 0 amide bonds. The highest BCUT2D eigenvalue weighted by Gasteiger charge is 2.32. The second-order valence-corrected chi connectivity index (χ2v) is 4.39. The average molecular weight is 241 g/mol. The first-order valence-electron chi connectivity index (χ1n) is 5.70. The minimum Gasteiger partial charge on any atom is -0.399 e. The number of carbonyl (C=O) groups is 1. The van der Waals surface area contributed by atoms with Crippen molar-refractivity contribution in [3.63, 3.8) is 0 Å². The van der Waals surface area contributed by atoms with Crippen molar-refractivity contribution in [3.05, 3.63) is 65.7 Å². The third-order valence-electron chi connectivity index (χ3n) is 2.95. The molecule has 0 spiro atoms. The van der Waals surface area contributed by atoms with E-state index < -0.39 is 5.60 Å². The summed E-state index contributed by atoms with van der Waals surface area (Å²) in [4.78, 5) is 12.3. The Kier molecular flexibility index (Phi) is 3.17. The van der Waals surface area contributed by atoms with Gasteiger partial charge in [-0.15, -0.1) is 0 Å². The second-order valence-electron chi connectivity index (χ2n) is 4.39. The highest BCUT2D eigenvalue weighted by molar-refractivity contribution is 6.02. The molecule has 1 unspecified atom stereocenters. The van der Waals surface area contributed by atoms with Gasteiger partial charge in [-0.3, -0.25) is 4.79 Å². The molecule has 3 N–H and O–H groups in total. The lowest BCUT2D eigenvalue weighted by atomic mass is 9.88. The molecule has 2 aromatic rings. The highest BCUT2D eigenvalue weighted by Crippen LogP contribution is 2.25. The molecule has 0 aliphatic carbocycles. The van der Waals surface area contributed by atoms with Gasteiger partial charge in [-0.2, -0.15) is 0 Å². The van der Waals surface area contributed by atoms with E-state index in [1.165, 1.54) is 6.92 Å². The summed E-state index contributed by atoms with van der Waals surface area (Å²) >= 11 is 0. The van der Waals surface area contributed by atoms with E-state index in [1.54, 1.807) is 48.5 Å². The molecule has 2 aromatic carbocycles. The molecule has 0 radical (unpaired) electrons. The van der Waals surface area contributed by atoms with Crippen LogP contribution >= 0.6 is 0 Å². The monoisotopic (exact) mass is 241 g/mol. The number of nitrogens with two attached hydrogens (primary N) is 1. The largest absolute Gasteiger partial charge is 0.399 e. The average Bonchev–Trinajstić information content (AvgIpc) is 2.39. The van der Waals surface area contributed by atoms with Crippen LogP contribution in [0, 0.1) is 0 Å². The van der Waals surface area contributed by atoms with Crippen LogP contribution in [0.2, 0.25) is 0 Å². The maximum Gasteiger partial charge on any atom is 0.198 e. The fraction of sp³-hybridized carbons (Fsp3) is 0.133. The van der Waals surface area contributed by atoms with Gasteiger partial charge in [0.15, 0.2) is 5.78 Å². The van der Waals surface area contributed by atoms with Gasteiger partial charge in [-0.05, 0) is 24.6 Å². The molecule has 2 rings (SSSR count). The summed E-state index contributed by atoms with van der Waals surface area (Å²) in [7, 11) is 0. The van der Waals surface area contributed by atoms with Crippen LogP contribution in [-0.2, 0) is 5.60 Å². The number of anilines is 1. The number of rotatable bonds is 3. The van der Waals surface area contributed by atoms with Crippen LogP contribution in [0.1, 0.15) is 22.8 Å². The number of aliphatic hydroxyl groups is 1. The van der Waals surface area contributed by atoms with Crippen molar-refractivity contribution < 1.29 is 9.90 Å². The Morgan fingerprint density at radius 2 is 1.61 bits per heavy atom. The van der Waals surface area contributed by atoms with Gasteiger partial charge in [-0.25, -0.2) is 0 Å². The van der Waals surface area contributed by atoms with Crippen molar-refractivity contribution in [2.45, 2.75) is 12.5 Å². The summed E-state index contributed by atoms with van der Waals surface area (Å²) in [6.07, 6.45) is 0. The van der Waals surface area contributed by atoms with Crippen LogP contribution in [-0.4, -0.2) is 10.9 Å². The number of nitrogen functional groups attached to an aromatic ring is 1. The molecule has 0 heterocycles. The third kappa shape index (κ3) is 2.26. The minimum atomic E-state index is -1.55. The van der Waals surface area contributed by atoms with Gasteiger partial charge in [0.2, 0.25) is 0 Å². The van der Waals surface area contributed by atoms with Gasteiger partial charge < -0.3 is 10.8 Å². The summed E-state index contributed by atoms with van der Waals surface area (Å²) in [5.74, 6) is -0.326. The molecular weight excluding hydrogens is 226 g/mol. The Morgan fingerprint density at radius 1 is 1.06 bits per heavy atom. The summed E-state index contributed by atoms with van der Waals surface area (Å²) in [5, 5.41) is 10.4. The van der Waals surface area contributed by atoms with E-state index in [2.05, 4.69) is 0 Å². The molecule has 3 nitrogen and oxygen atoms in total. The molecule has 0 saturated heterocycles. The second kappa shape index (κ2) is 4.63. The van der Waals surface area contributed by atoms with Crippen LogP contribution in [0.15, 0.2) is 54.6 Å². The molecule has 0 aromatic heterocycles. The van der Waals surface area contributed by atoms with Crippen molar-refractivity contribution in [1.29, 1.82) is 0 Å². The van der Waals surface area contributed by atoms with E-state index >= 15 is 0 Å². The summed E-state index contributed by atoms with van der Waals surface area (Å²) in [6, 6.07) is 15.4. The van der Waals surface area contributed by atoms with Gasteiger partial charge in [0, 0.05) is 11.3 Å². The molecular formula is C15H15NO2. The number of ketones is 1. The number of carbonyl (C=O) groups excluding carboxylic acids is 1. The van der Waals surface area contributed by atoms with E-state index in [4.69, 9.17) is 5.73 Å². The van der Waals surface area contributed by atoms with Crippen LogP contribution < -0.4 is 5.73 Å². The third-order valence-corrected chi connectivity index (χ3v) is 2.95. The fourth-order valence-corrected chi connectivity index (χ4v) is 1.81. The van der Waals surface area contributed by atoms with E-state index in [-0.39, 0.29) is 5.78 Å². The van der Waals surface area contributed by atoms with Gasteiger partial charge in [-0.1, -0.05) is 42.5 Å². The van der Waals surface area contributed by atoms with Gasteiger partial charge in [0.25, 0.3) is 0 Å². The maximum atomic E-state index is 12.3. The summed E-state index contributed by atoms with van der Waals surface area (Å²) in [5.41, 5.74) is 5.66. The quantitative estimate of drug-likeness (QED) is 0.640. The predicted molar refractivity (Wildman–Crippen MR) is 71.2 cm³/mol. The van der Waals surface area contributed by atoms with Crippen molar-refractivity contribution >= 4 is 11.5 Å². The Bertz CT molecular complexity index is 544. The van der Waals surface area contributed by atoms with E-state index in [0.29, 0.717) is 16.8 Å². The minimum absolute atomic E-state index is 0.326. The van der Waals surface area contributed by atoms with E-state index in [1.807, 2.05) is 6.07 Å². The summed E-state index contributed by atoms with van der Waals surface area (Å²) < 4.78 is 0. The number of hydrogen-bond acceptors (Lipinski definition) is 3. The van der Waals surface area contributed by atoms with Crippen LogP contribution in [0.4, 0.5) is 5.69 Å². The Hall–Kier alpha value is -2.13. The zero-order valence-electron chi connectivity index (χ0n) is 10.1. The van der Waals surface area contributed by atoms with Crippen molar-refractivity contribution in [3.8, 4) is 0 Å². The lowest BCUT2D eigenvalue weighted by Gasteiger charge is -2.22. The van der Waals surface area contributed by atoms with Crippen LogP contribution in [0.3, 0.4) is 0 Å². The first-order chi connectivity index (χ1) is 8.51. The molecule has 0 aliphatic rings. The number of Topliss-reactive ketones (excluding diaryl/α,β-unsaturated/α-hetero) is 1. The molecule has 1 atom stereocenters. The van der Waals surface area contributed by atoms with Crippen molar-refractivity contribution in [2.75, 3.05) is 5.73 Å².